The molecule has 2 heterocycles. The molecule has 3 heteroatoms. The molecule has 2 rings (SSSR count). The minimum Gasteiger partial charge on any atom is -0.380 e. The van der Waals surface area contributed by atoms with E-state index in [4.69, 9.17) is 0 Å². The highest BCUT2D eigenvalue weighted by molar-refractivity contribution is 5.66. The first-order valence-corrected chi connectivity index (χ1v) is 4.73. The van der Waals surface area contributed by atoms with Gasteiger partial charge in [-0.25, -0.2) is 4.98 Å². The maximum Gasteiger partial charge on any atom is 0.149 e. The Morgan fingerprint density at radius 3 is 3.15 bits per heavy atom. The van der Waals surface area contributed by atoms with Crippen molar-refractivity contribution < 1.29 is 0 Å². The molecule has 0 bridgehead atoms. The predicted molar refractivity (Wildman–Crippen MR) is 55.0 cm³/mol. The Kier molecular flexibility index (Phi) is 2.08. The first kappa shape index (κ1) is 8.35. The zero-order valence-corrected chi connectivity index (χ0v) is 8.04. The van der Waals surface area contributed by atoms with E-state index in [9.17, 15) is 0 Å². The fourth-order valence-electron chi connectivity index (χ4n) is 1.51. The van der Waals surface area contributed by atoms with Gasteiger partial charge in [0.2, 0.25) is 0 Å². The van der Waals surface area contributed by atoms with Gasteiger partial charge in [0.1, 0.15) is 5.82 Å². The summed E-state index contributed by atoms with van der Waals surface area (Å²) in [5, 5.41) is 6.79. The normalized spacial score (nSPS) is 20.4. The lowest BCUT2D eigenvalue weighted by atomic mass is 10.0. The van der Waals surface area contributed by atoms with Crippen LogP contribution in [-0.2, 0) is 0 Å². The lowest BCUT2D eigenvalue weighted by molar-refractivity contribution is 0.534. The van der Waals surface area contributed by atoms with E-state index in [2.05, 4.69) is 29.5 Å². The molecule has 0 saturated heterocycles. The van der Waals surface area contributed by atoms with Crippen molar-refractivity contribution in [1.29, 1.82) is 0 Å². The van der Waals surface area contributed by atoms with Crippen LogP contribution in [0.5, 0.6) is 0 Å². The van der Waals surface area contributed by atoms with Crippen molar-refractivity contribution in [1.82, 2.24) is 4.98 Å². The predicted octanol–water partition coefficient (Wildman–Crippen LogP) is 1.94. The fourth-order valence-corrected chi connectivity index (χ4v) is 1.51. The molecule has 0 spiro atoms. The number of fused-ring (bicyclic) bond motifs is 1. The standard InChI is InChI=1S/C10H15N3/c1-7(2)9-6-12-8-4-3-5-11-10(8)13-9/h3-5,7,9,12H,6H2,1-2H3,(H,11,13)/t9-/m0/s1. The van der Waals surface area contributed by atoms with Crippen LogP contribution in [0.3, 0.4) is 0 Å². The van der Waals surface area contributed by atoms with E-state index in [1.807, 2.05) is 18.3 Å². The lowest BCUT2D eigenvalue weighted by Crippen LogP contribution is -2.37. The highest BCUT2D eigenvalue weighted by atomic mass is 15.1. The van der Waals surface area contributed by atoms with Gasteiger partial charge in [-0.1, -0.05) is 13.8 Å². The molecule has 0 fully saturated rings. The van der Waals surface area contributed by atoms with Crippen LogP contribution >= 0.6 is 0 Å². The largest absolute Gasteiger partial charge is 0.380 e. The molecule has 70 valence electrons. The Hall–Kier alpha value is -1.25. The number of hydrogen-bond donors (Lipinski definition) is 2. The summed E-state index contributed by atoms with van der Waals surface area (Å²) in [5.41, 5.74) is 1.11. The number of nitrogens with one attached hydrogen (secondary N) is 2. The van der Waals surface area contributed by atoms with E-state index in [-0.39, 0.29) is 0 Å². The second-order valence-corrected chi connectivity index (χ2v) is 3.78. The van der Waals surface area contributed by atoms with Gasteiger partial charge in [-0.15, -0.1) is 0 Å². The van der Waals surface area contributed by atoms with Crippen LogP contribution in [0.15, 0.2) is 18.3 Å². The van der Waals surface area contributed by atoms with Crippen LogP contribution in [0.25, 0.3) is 0 Å². The Morgan fingerprint density at radius 1 is 1.54 bits per heavy atom. The van der Waals surface area contributed by atoms with Crippen LogP contribution in [0.1, 0.15) is 13.8 Å². The molecule has 13 heavy (non-hydrogen) atoms. The van der Waals surface area contributed by atoms with Gasteiger partial charge in [-0.05, 0) is 18.1 Å². The lowest BCUT2D eigenvalue weighted by Gasteiger charge is -2.29. The summed E-state index contributed by atoms with van der Waals surface area (Å²) in [4.78, 5) is 4.28. The third kappa shape index (κ3) is 1.59. The van der Waals surface area contributed by atoms with E-state index >= 15 is 0 Å². The topological polar surface area (TPSA) is 37.0 Å². The second kappa shape index (κ2) is 3.24. The zero-order chi connectivity index (χ0) is 9.26. The van der Waals surface area contributed by atoms with Crippen molar-refractivity contribution in [2.45, 2.75) is 19.9 Å². The van der Waals surface area contributed by atoms with Crippen molar-refractivity contribution in [3.05, 3.63) is 18.3 Å². The van der Waals surface area contributed by atoms with E-state index in [0.717, 1.165) is 18.1 Å². The molecule has 1 aromatic heterocycles. The van der Waals surface area contributed by atoms with Gasteiger partial charge in [-0.2, -0.15) is 0 Å². The first-order chi connectivity index (χ1) is 6.27. The summed E-state index contributed by atoms with van der Waals surface area (Å²) in [6, 6.07) is 4.48. The maximum absolute atomic E-state index is 4.28. The molecule has 0 amide bonds. The van der Waals surface area contributed by atoms with Crippen molar-refractivity contribution in [2.75, 3.05) is 17.2 Å². The molecule has 0 radical (unpaired) electrons. The van der Waals surface area contributed by atoms with E-state index < -0.39 is 0 Å². The molecule has 1 atom stereocenters. The molecule has 0 aliphatic carbocycles. The zero-order valence-electron chi connectivity index (χ0n) is 8.04. The number of anilines is 2. The average Bonchev–Trinajstić information content (AvgIpc) is 2.17. The highest BCUT2D eigenvalue weighted by Gasteiger charge is 2.19. The van der Waals surface area contributed by atoms with Gasteiger partial charge in [0.15, 0.2) is 0 Å². The Balaban J connectivity index is 2.20. The summed E-state index contributed by atoms with van der Waals surface area (Å²) in [5.74, 6) is 1.61. The van der Waals surface area contributed by atoms with Gasteiger partial charge in [0, 0.05) is 18.8 Å². The number of rotatable bonds is 1. The average molecular weight is 177 g/mol. The minimum absolute atomic E-state index is 0.488. The molecule has 1 aromatic rings. The Morgan fingerprint density at radius 2 is 2.38 bits per heavy atom. The van der Waals surface area contributed by atoms with E-state index in [1.54, 1.807) is 0 Å². The molecule has 1 aliphatic rings. The highest BCUT2D eigenvalue weighted by Crippen LogP contribution is 2.24. The number of aromatic nitrogens is 1. The summed E-state index contributed by atoms with van der Waals surface area (Å²) in [7, 11) is 0. The monoisotopic (exact) mass is 177 g/mol. The fraction of sp³-hybridized carbons (Fsp3) is 0.500. The summed E-state index contributed by atoms with van der Waals surface area (Å²) in [6.07, 6.45) is 1.82. The van der Waals surface area contributed by atoms with E-state index in [0.29, 0.717) is 12.0 Å². The SMILES string of the molecule is CC(C)[C@@H]1CNc2cccnc2N1. The van der Waals surface area contributed by atoms with Crippen molar-refractivity contribution in [3.8, 4) is 0 Å². The van der Waals surface area contributed by atoms with Gasteiger partial charge in [0.25, 0.3) is 0 Å². The Bertz CT molecular complexity index is 296. The summed E-state index contributed by atoms with van der Waals surface area (Å²) >= 11 is 0. The second-order valence-electron chi connectivity index (χ2n) is 3.78. The Labute approximate surface area is 78.6 Å². The third-order valence-corrected chi connectivity index (χ3v) is 2.45. The minimum atomic E-state index is 0.488. The maximum atomic E-state index is 4.28. The summed E-state index contributed by atoms with van der Waals surface area (Å²) < 4.78 is 0. The smallest absolute Gasteiger partial charge is 0.149 e. The van der Waals surface area contributed by atoms with Crippen LogP contribution < -0.4 is 10.6 Å². The number of pyridine rings is 1. The molecule has 2 N–H and O–H groups in total. The van der Waals surface area contributed by atoms with Crippen molar-refractivity contribution in [2.24, 2.45) is 5.92 Å². The molecule has 0 aromatic carbocycles. The number of nitrogens with zero attached hydrogens (tertiary/aromatic N) is 1. The molecular weight excluding hydrogens is 162 g/mol. The van der Waals surface area contributed by atoms with Crippen LogP contribution in [-0.4, -0.2) is 17.6 Å². The van der Waals surface area contributed by atoms with Crippen molar-refractivity contribution in [3.63, 3.8) is 0 Å². The van der Waals surface area contributed by atoms with Gasteiger partial charge < -0.3 is 10.6 Å². The van der Waals surface area contributed by atoms with Crippen LogP contribution in [0, 0.1) is 5.92 Å². The third-order valence-electron chi connectivity index (χ3n) is 2.45. The molecule has 1 aliphatic heterocycles. The van der Waals surface area contributed by atoms with E-state index in [1.165, 1.54) is 0 Å². The first-order valence-electron chi connectivity index (χ1n) is 4.73. The molecule has 0 saturated carbocycles. The van der Waals surface area contributed by atoms with Gasteiger partial charge >= 0.3 is 0 Å². The summed E-state index contributed by atoms with van der Waals surface area (Å²) in [6.45, 7) is 5.41. The number of hydrogen-bond acceptors (Lipinski definition) is 3. The quantitative estimate of drug-likeness (QED) is 0.688. The van der Waals surface area contributed by atoms with Crippen LogP contribution in [0.4, 0.5) is 11.5 Å². The van der Waals surface area contributed by atoms with Crippen LogP contribution in [0.2, 0.25) is 0 Å². The molecular formula is C10H15N3. The van der Waals surface area contributed by atoms with Gasteiger partial charge in [0.05, 0.1) is 5.69 Å². The molecule has 3 nitrogen and oxygen atoms in total. The molecule has 0 unspecified atom stereocenters. The van der Waals surface area contributed by atoms with Crippen molar-refractivity contribution >= 4 is 11.5 Å². The van der Waals surface area contributed by atoms with Gasteiger partial charge in [-0.3, -0.25) is 0 Å².